The minimum absolute atomic E-state index is 0.0384. The predicted molar refractivity (Wildman–Crippen MR) is 83.7 cm³/mol. The first-order valence-corrected chi connectivity index (χ1v) is 7.69. The van der Waals surface area contributed by atoms with E-state index in [0.717, 1.165) is 12.1 Å². The molecule has 1 aliphatic rings. The zero-order valence-corrected chi connectivity index (χ0v) is 13.3. The first-order chi connectivity index (χ1) is 11.8. The Balaban J connectivity index is 1.88. The predicted octanol–water partition coefficient (Wildman–Crippen LogP) is 2.56. The van der Waals surface area contributed by atoms with Gasteiger partial charge in [-0.25, -0.2) is 4.79 Å². The Kier molecular flexibility index (Phi) is 5.91. The first kappa shape index (κ1) is 18.6. The number of alkyl halides is 3. The minimum atomic E-state index is -4.43. The van der Waals surface area contributed by atoms with Crippen LogP contribution in [0.5, 0.6) is 0 Å². The fourth-order valence-electron chi connectivity index (χ4n) is 2.51. The number of hydrogen-bond acceptors (Lipinski definition) is 2. The molecule has 1 unspecified atom stereocenters. The van der Waals surface area contributed by atoms with Crippen molar-refractivity contribution in [3.05, 3.63) is 35.4 Å². The molecule has 1 atom stereocenters. The number of carboxylic acid groups (broad SMARTS) is 1. The summed E-state index contributed by atoms with van der Waals surface area (Å²) in [6.07, 6.45) is -3.28. The lowest BCUT2D eigenvalue weighted by atomic mass is 9.99. The molecule has 1 fully saturated rings. The second kappa shape index (κ2) is 7.92. The molecule has 2 rings (SSSR count). The molecule has 2 N–H and O–H groups in total. The SMILES string of the molecule is O=C(O)C1CCCN(C(=O)NCC#Cc2cccc(C(F)(F)F)c2)C1. The number of halogens is 3. The summed E-state index contributed by atoms with van der Waals surface area (Å²) < 4.78 is 37.8. The minimum Gasteiger partial charge on any atom is -0.481 e. The molecule has 5 nitrogen and oxygen atoms in total. The molecule has 0 saturated carbocycles. The summed E-state index contributed by atoms with van der Waals surface area (Å²) in [7, 11) is 0. The van der Waals surface area contributed by atoms with Gasteiger partial charge in [-0.2, -0.15) is 13.2 Å². The number of likely N-dealkylation sites (tertiary alicyclic amines) is 1. The molecule has 0 aliphatic carbocycles. The molecule has 0 spiro atoms. The third-order valence-corrected chi connectivity index (χ3v) is 3.81. The number of rotatable bonds is 2. The molecule has 134 valence electrons. The molecular weight excluding hydrogens is 337 g/mol. The van der Waals surface area contributed by atoms with E-state index in [-0.39, 0.29) is 18.7 Å². The Morgan fingerprint density at radius 1 is 1.36 bits per heavy atom. The van der Waals surface area contributed by atoms with Crippen LogP contribution in [0.25, 0.3) is 0 Å². The fraction of sp³-hybridized carbons (Fsp3) is 0.412. The lowest BCUT2D eigenvalue weighted by Gasteiger charge is -2.30. The highest BCUT2D eigenvalue weighted by Gasteiger charge is 2.30. The summed E-state index contributed by atoms with van der Waals surface area (Å²) in [6.45, 7) is 0.572. The lowest BCUT2D eigenvalue weighted by molar-refractivity contribution is -0.143. The van der Waals surface area contributed by atoms with Crippen molar-refractivity contribution < 1.29 is 27.9 Å². The van der Waals surface area contributed by atoms with E-state index in [1.54, 1.807) is 0 Å². The molecule has 25 heavy (non-hydrogen) atoms. The number of piperidine rings is 1. The smallest absolute Gasteiger partial charge is 0.416 e. The van der Waals surface area contributed by atoms with Gasteiger partial charge in [-0.05, 0) is 31.0 Å². The van der Waals surface area contributed by atoms with Gasteiger partial charge in [0.15, 0.2) is 0 Å². The maximum atomic E-state index is 12.6. The van der Waals surface area contributed by atoms with Crippen LogP contribution in [0.15, 0.2) is 24.3 Å². The van der Waals surface area contributed by atoms with Crippen LogP contribution in [0.2, 0.25) is 0 Å². The Hall–Kier alpha value is -2.69. The van der Waals surface area contributed by atoms with Gasteiger partial charge >= 0.3 is 18.2 Å². The van der Waals surface area contributed by atoms with E-state index in [4.69, 9.17) is 5.11 Å². The summed E-state index contributed by atoms with van der Waals surface area (Å²) in [5.74, 6) is 3.65. The van der Waals surface area contributed by atoms with Gasteiger partial charge in [0.2, 0.25) is 0 Å². The Morgan fingerprint density at radius 3 is 2.80 bits per heavy atom. The van der Waals surface area contributed by atoms with E-state index in [0.29, 0.717) is 19.4 Å². The highest BCUT2D eigenvalue weighted by Crippen LogP contribution is 2.29. The number of carboxylic acids is 1. The van der Waals surface area contributed by atoms with Crippen molar-refractivity contribution in [3.63, 3.8) is 0 Å². The van der Waals surface area contributed by atoms with Crippen LogP contribution < -0.4 is 5.32 Å². The van der Waals surface area contributed by atoms with Gasteiger partial charge < -0.3 is 15.3 Å². The topological polar surface area (TPSA) is 69.6 Å². The van der Waals surface area contributed by atoms with Crippen LogP contribution in [-0.4, -0.2) is 41.6 Å². The third kappa shape index (κ3) is 5.41. The molecule has 1 aromatic rings. The number of amides is 2. The van der Waals surface area contributed by atoms with Crippen LogP contribution in [0, 0.1) is 17.8 Å². The lowest BCUT2D eigenvalue weighted by Crippen LogP contribution is -2.47. The van der Waals surface area contributed by atoms with Gasteiger partial charge in [0.1, 0.15) is 0 Å². The molecular formula is C17H17F3N2O3. The van der Waals surface area contributed by atoms with Gasteiger partial charge in [-0.3, -0.25) is 4.79 Å². The van der Waals surface area contributed by atoms with E-state index >= 15 is 0 Å². The van der Waals surface area contributed by atoms with Crippen molar-refractivity contribution in [1.29, 1.82) is 0 Å². The van der Waals surface area contributed by atoms with Crippen molar-refractivity contribution in [3.8, 4) is 11.8 Å². The van der Waals surface area contributed by atoms with E-state index in [2.05, 4.69) is 17.2 Å². The number of carbonyl (C=O) groups is 2. The summed E-state index contributed by atoms with van der Waals surface area (Å²) in [6, 6.07) is 4.19. The van der Waals surface area contributed by atoms with Crippen molar-refractivity contribution in [2.24, 2.45) is 5.92 Å². The third-order valence-electron chi connectivity index (χ3n) is 3.81. The number of benzene rings is 1. The Labute approximate surface area is 142 Å². The quantitative estimate of drug-likeness (QED) is 0.802. The van der Waals surface area contributed by atoms with E-state index < -0.39 is 29.7 Å². The molecule has 1 aromatic carbocycles. The van der Waals surface area contributed by atoms with Gasteiger partial charge in [-0.1, -0.05) is 17.9 Å². The van der Waals surface area contributed by atoms with Gasteiger partial charge in [0.05, 0.1) is 18.0 Å². The van der Waals surface area contributed by atoms with Crippen LogP contribution in [0.4, 0.5) is 18.0 Å². The van der Waals surface area contributed by atoms with Crippen molar-refractivity contribution >= 4 is 12.0 Å². The summed E-state index contributed by atoms with van der Waals surface area (Å²) in [4.78, 5) is 24.4. The van der Waals surface area contributed by atoms with E-state index in [9.17, 15) is 22.8 Å². The molecule has 0 bridgehead atoms. The number of aliphatic carboxylic acids is 1. The molecule has 1 aliphatic heterocycles. The van der Waals surface area contributed by atoms with Gasteiger partial charge in [-0.15, -0.1) is 0 Å². The summed E-state index contributed by atoms with van der Waals surface area (Å²) >= 11 is 0. The number of nitrogens with one attached hydrogen (secondary N) is 1. The molecule has 0 aromatic heterocycles. The zero-order chi connectivity index (χ0) is 18.4. The van der Waals surface area contributed by atoms with Crippen molar-refractivity contribution in [1.82, 2.24) is 10.2 Å². The number of nitrogens with zero attached hydrogens (tertiary/aromatic N) is 1. The average Bonchev–Trinajstić information content (AvgIpc) is 2.58. The van der Waals surface area contributed by atoms with Crippen LogP contribution >= 0.6 is 0 Å². The second-order valence-corrected chi connectivity index (χ2v) is 5.66. The highest BCUT2D eigenvalue weighted by molar-refractivity contribution is 5.76. The largest absolute Gasteiger partial charge is 0.481 e. The Bertz CT molecular complexity index is 707. The molecule has 2 amide bonds. The number of hydrogen-bond donors (Lipinski definition) is 2. The standard InChI is InChI=1S/C17H17F3N2O3/c18-17(19,20)14-7-1-4-12(10-14)5-2-8-21-16(25)22-9-3-6-13(11-22)15(23)24/h1,4,7,10,13H,3,6,8-9,11H2,(H,21,25)(H,23,24). The number of carbonyl (C=O) groups excluding carboxylic acids is 1. The summed E-state index contributed by atoms with van der Waals surface area (Å²) in [5, 5.41) is 11.5. The normalized spacial score (nSPS) is 17.4. The van der Waals surface area contributed by atoms with Crippen LogP contribution in [0.3, 0.4) is 0 Å². The summed E-state index contributed by atoms with van der Waals surface area (Å²) in [5.41, 5.74) is -0.579. The molecule has 1 saturated heterocycles. The van der Waals surface area contributed by atoms with Crippen LogP contribution in [0.1, 0.15) is 24.0 Å². The highest BCUT2D eigenvalue weighted by atomic mass is 19.4. The van der Waals surface area contributed by atoms with Crippen LogP contribution in [-0.2, 0) is 11.0 Å². The van der Waals surface area contributed by atoms with E-state index in [1.165, 1.54) is 17.0 Å². The fourth-order valence-corrected chi connectivity index (χ4v) is 2.51. The van der Waals surface area contributed by atoms with E-state index in [1.807, 2.05) is 0 Å². The maximum absolute atomic E-state index is 12.6. The average molecular weight is 354 g/mol. The number of urea groups is 1. The van der Waals surface area contributed by atoms with Gasteiger partial charge in [0.25, 0.3) is 0 Å². The van der Waals surface area contributed by atoms with Gasteiger partial charge in [0, 0.05) is 18.7 Å². The zero-order valence-electron chi connectivity index (χ0n) is 13.3. The molecule has 0 radical (unpaired) electrons. The molecule has 1 heterocycles. The maximum Gasteiger partial charge on any atom is 0.416 e. The van der Waals surface area contributed by atoms with Crippen molar-refractivity contribution in [2.75, 3.05) is 19.6 Å². The first-order valence-electron chi connectivity index (χ1n) is 7.69. The second-order valence-electron chi connectivity index (χ2n) is 5.66. The van der Waals surface area contributed by atoms with Crippen molar-refractivity contribution in [2.45, 2.75) is 19.0 Å². The monoisotopic (exact) mass is 354 g/mol. The Morgan fingerprint density at radius 2 is 2.12 bits per heavy atom. The molecule has 8 heteroatoms.